The molecule has 0 N–H and O–H groups in total. The third-order valence-corrected chi connectivity index (χ3v) is 5.50. The molecular weight excluding hydrogens is 403 g/mol. The summed E-state index contributed by atoms with van der Waals surface area (Å²) < 4.78 is 38.3. The lowest BCUT2D eigenvalue weighted by Gasteiger charge is -2.16. The number of alkyl halides is 3. The molecule has 0 aliphatic carbocycles. The molecule has 1 aliphatic heterocycles. The molecule has 7 heteroatoms. The summed E-state index contributed by atoms with van der Waals surface area (Å²) in [6.45, 7) is 3.13. The third-order valence-electron chi connectivity index (χ3n) is 5.50. The van der Waals surface area contributed by atoms with Crippen LogP contribution in [0.25, 0.3) is 0 Å². The summed E-state index contributed by atoms with van der Waals surface area (Å²) in [5, 5.41) is 0. The standard InChI is InChI=1S/C24H22F3N3O/c1-16-12-18(13-17-5-7-20(8-6-17)24(25,26)27)14-22(29-16)19-9-11-30(15-19)23(31)21-4-2-3-10-28-21/h2-8,10,12,14,19H,9,11,13,15H2,1H3/t19-/m0/s1. The van der Waals surface area contributed by atoms with Gasteiger partial charge in [-0.2, -0.15) is 13.2 Å². The molecule has 2 aromatic heterocycles. The lowest BCUT2D eigenvalue weighted by Crippen LogP contribution is -2.29. The van der Waals surface area contributed by atoms with Gasteiger partial charge in [0.25, 0.3) is 5.91 Å². The predicted octanol–water partition coefficient (Wildman–Crippen LogP) is 5.02. The van der Waals surface area contributed by atoms with Crippen LogP contribution in [-0.2, 0) is 12.6 Å². The maximum absolute atomic E-state index is 12.8. The summed E-state index contributed by atoms with van der Waals surface area (Å²) in [4.78, 5) is 23.3. The van der Waals surface area contributed by atoms with E-state index in [-0.39, 0.29) is 11.8 Å². The maximum Gasteiger partial charge on any atom is 0.416 e. The van der Waals surface area contributed by atoms with Crippen LogP contribution in [0.15, 0.2) is 60.8 Å². The van der Waals surface area contributed by atoms with Gasteiger partial charge >= 0.3 is 6.18 Å². The Morgan fingerprint density at radius 1 is 1.10 bits per heavy atom. The molecule has 1 saturated heterocycles. The third kappa shape index (κ3) is 4.93. The highest BCUT2D eigenvalue weighted by molar-refractivity contribution is 5.92. The van der Waals surface area contributed by atoms with Gasteiger partial charge in [-0.1, -0.05) is 18.2 Å². The van der Waals surface area contributed by atoms with E-state index in [0.29, 0.717) is 25.2 Å². The zero-order valence-corrected chi connectivity index (χ0v) is 17.1. The van der Waals surface area contributed by atoms with E-state index in [1.165, 1.54) is 12.1 Å². The number of rotatable bonds is 4. The number of carbonyl (C=O) groups excluding carboxylic acids is 1. The lowest BCUT2D eigenvalue weighted by atomic mass is 9.98. The molecular formula is C24H22F3N3O. The number of hydrogen-bond donors (Lipinski definition) is 0. The minimum Gasteiger partial charge on any atom is -0.337 e. The first-order chi connectivity index (χ1) is 14.8. The number of nitrogens with zero attached hydrogens (tertiary/aromatic N) is 3. The fraction of sp³-hybridized carbons (Fsp3) is 0.292. The lowest BCUT2D eigenvalue weighted by molar-refractivity contribution is -0.137. The number of aryl methyl sites for hydroxylation is 1. The van der Waals surface area contributed by atoms with Crippen molar-refractivity contribution in [3.05, 3.63) is 94.6 Å². The van der Waals surface area contributed by atoms with Crippen molar-refractivity contribution < 1.29 is 18.0 Å². The molecule has 1 atom stereocenters. The van der Waals surface area contributed by atoms with E-state index in [1.54, 1.807) is 29.3 Å². The Morgan fingerprint density at radius 3 is 2.55 bits per heavy atom. The largest absolute Gasteiger partial charge is 0.416 e. The smallest absolute Gasteiger partial charge is 0.337 e. The summed E-state index contributed by atoms with van der Waals surface area (Å²) >= 11 is 0. The van der Waals surface area contributed by atoms with Gasteiger partial charge in [0.2, 0.25) is 0 Å². The van der Waals surface area contributed by atoms with Gasteiger partial charge in [-0.15, -0.1) is 0 Å². The molecule has 160 valence electrons. The van der Waals surface area contributed by atoms with Crippen molar-refractivity contribution in [2.24, 2.45) is 0 Å². The van der Waals surface area contributed by atoms with E-state index in [4.69, 9.17) is 0 Å². The zero-order chi connectivity index (χ0) is 22.0. The van der Waals surface area contributed by atoms with Crippen molar-refractivity contribution in [3.63, 3.8) is 0 Å². The van der Waals surface area contributed by atoms with Gasteiger partial charge < -0.3 is 4.90 Å². The molecule has 0 spiro atoms. The van der Waals surface area contributed by atoms with E-state index < -0.39 is 11.7 Å². The Kier molecular flexibility index (Phi) is 5.76. The number of benzene rings is 1. The van der Waals surface area contributed by atoms with Crippen LogP contribution in [0.1, 0.15) is 50.9 Å². The number of hydrogen-bond acceptors (Lipinski definition) is 3. The van der Waals surface area contributed by atoms with E-state index in [1.807, 2.05) is 19.1 Å². The Bertz CT molecular complexity index is 1070. The Hall–Kier alpha value is -3.22. The fourth-order valence-electron chi connectivity index (χ4n) is 3.96. The van der Waals surface area contributed by atoms with Crippen LogP contribution in [0.3, 0.4) is 0 Å². The maximum atomic E-state index is 12.8. The predicted molar refractivity (Wildman–Crippen MR) is 111 cm³/mol. The molecule has 4 nitrogen and oxygen atoms in total. The molecule has 3 heterocycles. The molecule has 1 aromatic carbocycles. The second-order valence-electron chi connectivity index (χ2n) is 7.86. The normalized spacial score (nSPS) is 16.5. The van der Waals surface area contributed by atoms with Crippen LogP contribution in [0.4, 0.5) is 13.2 Å². The first-order valence-electron chi connectivity index (χ1n) is 10.1. The van der Waals surface area contributed by atoms with Crippen LogP contribution in [-0.4, -0.2) is 33.9 Å². The second kappa shape index (κ2) is 8.49. The first kappa shape index (κ1) is 21.0. The molecule has 0 bridgehead atoms. The van der Waals surface area contributed by atoms with Gasteiger partial charge in [0.15, 0.2) is 0 Å². The van der Waals surface area contributed by atoms with Crippen LogP contribution < -0.4 is 0 Å². The molecule has 1 aliphatic rings. The molecule has 3 aromatic rings. The van der Waals surface area contributed by atoms with Crippen molar-refractivity contribution in [2.75, 3.05) is 13.1 Å². The van der Waals surface area contributed by atoms with E-state index in [2.05, 4.69) is 9.97 Å². The van der Waals surface area contributed by atoms with Crippen molar-refractivity contribution in [2.45, 2.75) is 31.9 Å². The Balaban J connectivity index is 1.47. The van der Waals surface area contributed by atoms with Crippen molar-refractivity contribution >= 4 is 5.91 Å². The van der Waals surface area contributed by atoms with E-state index >= 15 is 0 Å². The van der Waals surface area contributed by atoms with E-state index in [0.717, 1.165) is 41.1 Å². The average Bonchev–Trinajstić information content (AvgIpc) is 3.23. The van der Waals surface area contributed by atoms with Gasteiger partial charge in [-0.25, -0.2) is 0 Å². The molecule has 4 rings (SSSR count). The summed E-state index contributed by atoms with van der Waals surface area (Å²) in [5.74, 6) is 0.0413. The summed E-state index contributed by atoms with van der Waals surface area (Å²) in [6.07, 6.45) is -1.39. The number of pyridine rings is 2. The number of halogens is 3. The fourth-order valence-corrected chi connectivity index (χ4v) is 3.96. The molecule has 1 fully saturated rings. The summed E-state index contributed by atoms with van der Waals surface area (Å²) in [7, 11) is 0. The monoisotopic (exact) mass is 425 g/mol. The van der Waals surface area contributed by atoms with Crippen LogP contribution in [0.2, 0.25) is 0 Å². The number of carbonyl (C=O) groups is 1. The second-order valence-corrected chi connectivity index (χ2v) is 7.86. The van der Waals surface area contributed by atoms with Crippen molar-refractivity contribution in [1.29, 1.82) is 0 Å². The summed E-state index contributed by atoms with van der Waals surface area (Å²) in [5.41, 5.74) is 3.36. The van der Waals surface area contributed by atoms with Gasteiger partial charge in [0.1, 0.15) is 5.69 Å². The molecule has 31 heavy (non-hydrogen) atoms. The van der Waals surface area contributed by atoms with Crippen molar-refractivity contribution in [3.8, 4) is 0 Å². The van der Waals surface area contributed by atoms with Crippen molar-refractivity contribution in [1.82, 2.24) is 14.9 Å². The number of aromatic nitrogens is 2. The van der Waals surface area contributed by atoms with Gasteiger partial charge in [0, 0.05) is 36.6 Å². The molecule has 0 unspecified atom stereocenters. The van der Waals surface area contributed by atoms with Gasteiger partial charge in [-0.3, -0.25) is 14.8 Å². The molecule has 0 saturated carbocycles. The van der Waals surface area contributed by atoms with Gasteiger partial charge in [-0.05, 0) is 67.3 Å². The molecule has 1 amide bonds. The SMILES string of the molecule is Cc1cc(Cc2ccc(C(F)(F)F)cc2)cc([C@H]2CCN(C(=O)c3ccccn3)C2)n1. The Morgan fingerprint density at radius 2 is 1.87 bits per heavy atom. The minimum atomic E-state index is -4.33. The number of amides is 1. The van der Waals surface area contributed by atoms with Crippen LogP contribution >= 0.6 is 0 Å². The number of likely N-dealkylation sites (tertiary alicyclic amines) is 1. The van der Waals surface area contributed by atoms with Crippen LogP contribution in [0, 0.1) is 6.92 Å². The topological polar surface area (TPSA) is 46.1 Å². The highest BCUT2D eigenvalue weighted by Crippen LogP contribution is 2.30. The van der Waals surface area contributed by atoms with E-state index in [9.17, 15) is 18.0 Å². The molecule has 0 radical (unpaired) electrons. The highest BCUT2D eigenvalue weighted by Gasteiger charge is 2.31. The van der Waals surface area contributed by atoms with Gasteiger partial charge in [0.05, 0.1) is 5.56 Å². The quantitative estimate of drug-likeness (QED) is 0.589. The minimum absolute atomic E-state index is 0.0827. The highest BCUT2D eigenvalue weighted by atomic mass is 19.4. The first-order valence-corrected chi connectivity index (χ1v) is 10.1. The summed E-state index contributed by atoms with van der Waals surface area (Å²) in [6, 6.07) is 14.5. The average molecular weight is 425 g/mol. The zero-order valence-electron chi connectivity index (χ0n) is 17.1. The Labute approximate surface area is 178 Å². The van der Waals surface area contributed by atoms with Crippen LogP contribution in [0.5, 0.6) is 0 Å².